The van der Waals surface area contributed by atoms with Crippen molar-refractivity contribution < 1.29 is 17.6 Å². The van der Waals surface area contributed by atoms with Crippen molar-refractivity contribution in [1.82, 2.24) is 9.62 Å². The number of halogens is 2. The van der Waals surface area contributed by atoms with Crippen molar-refractivity contribution in [2.45, 2.75) is 17.9 Å². The summed E-state index contributed by atoms with van der Waals surface area (Å²) >= 11 is 6.09. The molecule has 0 aliphatic rings. The van der Waals surface area contributed by atoms with Crippen LogP contribution in [-0.4, -0.2) is 32.2 Å². The fraction of sp³-hybridized carbons (Fsp3) is 0.235. The highest BCUT2D eigenvalue weighted by Gasteiger charge is 2.23. The molecule has 1 N–H and O–H groups in total. The number of nitrogens with zero attached hydrogens (tertiary/aromatic N) is 1. The quantitative estimate of drug-likeness (QED) is 0.832. The van der Waals surface area contributed by atoms with Crippen molar-refractivity contribution >= 4 is 27.5 Å². The van der Waals surface area contributed by atoms with Gasteiger partial charge in [-0.2, -0.15) is 4.31 Å². The highest BCUT2D eigenvalue weighted by atomic mass is 35.5. The van der Waals surface area contributed by atoms with Crippen LogP contribution in [0.1, 0.15) is 18.5 Å². The Morgan fingerprint density at radius 3 is 2.40 bits per heavy atom. The van der Waals surface area contributed by atoms with Gasteiger partial charge in [-0.1, -0.05) is 29.8 Å². The third kappa shape index (κ3) is 4.78. The number of hydrogen-bond acceptors (Lipinski definition) is 3. The molecule has 1 amide bonds. The Hall–Kier alpha value is -1.96. The van der Waals surface area contributed by atoms with Crippen molar-refractivity contribution in [1.29, 1.82) is 0 Å². The number of benzene rings is 2. The molecule has 134 valence electrons. The molecule has 2 rings (SSSR count). The molecule has 0 saturated heterocycles. The molecular weight excluding hydrogens is 367 g/mol. The van der Waals surface area contributed by atoms with Gasteiger partial charge in [0.05, 0.1) is 17.5 Å². The first-order valence-corrected chi connectivity index (χ1v) is 9.29. The van der Waals surface area contributed by atoms with Gasteiger partial charge < -0.3 is 5.32 Å². The minimum Gasteiger partial charge on any atom is -0.348 e. The first-order valence-electron chi connectivity index (χ1n) is 7.47. The second kappa shape index (κ2) is 7.95. The summed E-state index contributed by atoms with van der Waals surface area (Å²) in [6.45, 7) is 1.39. The summed E-state index contributed by atoms with van der Waals surface area (Å²) in [6.07, 6.45) is 0. The number of carbonyl (C=O) groups excluding carboxylic acids is 1. The highest BCUT2D eigenvalue weighted by Crippen LogP contribution is 2.22. The van der Waals surface area contributed by atoms with Crippen molar-refractivity contribution in [3.05, 3.63) is 64.9 Å². The Labute approximate surface area is 151 Å². The molecule has 0 bridgehead atoms. The van der Waals surface area contributed by atoms with Crippen LogP contribution in [0.4, 0.5) is 4.39 Å². The van der Waals surface area contributed by atoms with Crippen molar-refractivity contribution in [2.75, 3.05) is 13.6 Å². The molecule has 0 aliphatic carbocycles. The predicted octanol–water partition coefficient (Wildman–Crippen LogP) is 2.98. The fourth-order valence-corrected chi connectivity index (χ4v) is 3.69. The molecule has 5 nitrogen and oxygen atoms in total. The molecule has 1 unspecified atom stereocenters. The van der Waals surface area contributed by atoms with E-state index in [0.717, 1.165) is 34.1 Å². The number of hydrogen-bond donors (Lipinski definition) is 1. The summed E-state index contributed by atoms with van der Waals surface area (Å²) in [5.74, 6) is -1.01. The zero-order chi connectivity index (χ0) is 18.6. The Bertz CT molecular complexity index is 856. The summed E-state index contributed by atoms with van der Waals surface area (Å²) in [5, 5.41) is 3.23. The van der Waals surface area contributed by atoms with Crippen LogP contribution < -0.4 is 5.32 Å². The summed E-state index contributed by atoms with van der Waals surface area (Å²) < 4.78 is 38.6. The smallest absolute Gasteiger partial charge is 0.243 e. The highest BCUT2D eigenvalue weighted by molar-refractivity contribution is 7.89. The lowest BCUT2D eigenvalue weighted by Crippen LogP contribution is -2.39. The van der Waals surface area contributed by atoms with Crippen molar-refractivity contribution in [2.24, 2.45) is 0 Å². The minimum absolute atomic E-state index is 0.0802. The van der Waals surface area contributed by atoms with E-state index in [1.807, 2.05) is 0 Å². The van der Waals surface area contributed by atoms with Gasteiger partial charge in [0.15, 0.2) is 0 Å². The average molecular weight is 385 g/mol. The van der Waals surface area contributed by atoms with Gasteiger partial charge in [0, 0.05) is 12.1 Å². The Balaban J connectivity index is 2.04. The van der Waals surface area contributed by atoms with Gasteiger partial charge in [0.2, 0.25) is 15.9 Å². The Kier molecular flexibility index (Phi) is 6.16. The van der Waals surface area contributed by atoms with Crippen LogP contribution in [0.3, 0.4) is 0 Å². The fourth-order valence-electron chi connectivity index (χ4n) is 2.26. The van der Waals surface area contributed by atoms with E-state index in [1.54, 1.807) is 31.2 Å². The third-order valence-electron chi connectivity index (χ3n) is 3.64. The number of carbonyl (C=O) groups is 1. The zero-order valence-corrected chi connectivity index (χ0v) is 15.3. The van der Waals surface area contributed by atoms with E-state index in [9.17, 15) is 17.6 Å². The number of nitrogens with one attached hydrogen (secondary N) is 1. The summed E-state index contributed by atoms with van der Waals surface area (Å²) in [4.78, 5) is 12.1. The van der Waals surface area contributed by atoms with Gasteiger partial charge in [0.1, 0.15) is 5.82 Å². The van der Waals surface area contributed by atoms with Gasteiger partial charge >= 0.3 is 0 Å². The molecule has 0 aromatic heterocycles. The molecular formula is C17H18ClFN2O3S. The number of sulfonamides is 1. The maximum absolute atomic E-state index is 12.9. The second-order valence-electron chi connectivity index (χ2n) is 5.53. The van der Waals surface area contributed by atoms with Crippen molar-refractivity contribution in [3.63, 3.8) is 0 Å². The summed E-state index contributed by atoms with van der Waals surface area (Å²) in [6, 6.07) is 11.1. The predicted molar refractivity (Wildman–Crippen MR) is 94.2 cm³/mol. The summed E-state index contributed by atoms with van der Waals surface area (Å²) in [5.41, 5.74) is 0.738. The van der Waals surface area contributed by atoms with E-state index in [1.165, 1.54) is 7.05 Å². The molecule has 8 heteroatoms. The largest absolute Gasteiger partial charge is 0.348 e. The monoisotopic (exact) mass is 384 g/mol. The van der Waals surface area contributed by atoms with E-state index < -0.39 is 21.7 Å². The van der Waals surface area contributed by atoms with E-state index in [2.05, 4.69) is 5.32 Å². The van der Waals surface area contributed by atoms with Gasteiger partial charge in [-0.3, -0.25) is 4.79 Å². The molecule has 0 heterocycles. The standard InChI is InChI=1S/C17H18ClFN2O3S/c1-12(15-5-3-4-6-16(15)18)20-17(22)11-21(2)25(23,24)14-9-7-13(19)8-10-14/h3-10,12H,11H2,1-2H3,(H,20,22). The van der Waals surface area contributed by atoms with Crippen LogP contribution >= 0.6 is 11.6 Å². The lowest BCUT2D eigenvalue weighted by molar-refractivity contribution is -0.121. The number of amides is 1. The molecule has 25 heavy (non-hydrogen) atoms. The molecule has 2 aromatic rings. The average Bonchev–Trinajstić information content (AvgIpc) is 2.55. The zero-order valence-electron chi connectivity index (χ0n) is 13.7. The molecule has 0 aliphatic heterocycles. The number of rotatable bonds is 6. The van der Waals surface area contributed by atoms with Crippen LogP contribution in [0.25, 0.3) is 0 Å². The van der Waals surface area contributed by atoms with E-state index in [4.69, 9.17) is 11.6 Å². The maximum atomic E-state index is 12.9. The van der Waals surface area contributed by atoms with Crippen LogP contribution in [0.2, 0.25) is 5.02 Å². The van der Waals surface area contributed by atoms with Crippen LogP contribution in [0.15, 0.2) is 53.4 Å². The molecule has 0 saturated carbocycles. The van der Waals surface area contributed by atoms with Gasteiger partial charge in [-0.25, -0.2) is 12.8 Å². The summed E-state index contributed by atoms with van der Waals surface area (Å²) in [7, 11) is -2.59. The minimum atomic E-state index is -3.88. The van der Waals surface area contributed by atoms with E-state index >= 15 is 0 Å². The van der Waals surface area contributed by atoms with Gasteiger partial charge in [-0.05, 0) is 42.8 Å². The SMILES string of the molecule is CC(NC(=O)CN(C)S(=O)(=O)c1ccc(F)cc1)c1ccccc1Cl. The van der Waals surface area contributed by atoms with Crippen LogP contribution in [-0.2, 0) is 14.8 Å². The normalized spacial score (nSPS) is 12.8. The van der Waals surface area contributed by atoms with E-state index in [-0.39, 0.29) is 17.5 Å². The number of likely N-dealkylation sites (N-methyl/N-ethyl adjacent to an activating group) is 1. The van der Waals surface area contributed by atoms with Crippen molar-refractivity contribution in [3.8, 4) is 0 Å². The van der Waals surface area contributed by atoms with Gasteiger partial charge in [0.25, 0.3) is 0 Å². The molecule has 0 radical (unpaired) electrons. The molecule has 2 aromatic carbocycles. The molecule has 0 fully saturated rings. The second-order valence-corrected chi connectivity index (χ2v) is 7.98. The topological polar surface area (TPSA) is 66.5 Å². The first-order chi connectivity index (χ1) is 11.7. The lowest BCUT2D eigenvalue weighted by Gasteiger charge is -2.20. The first kappa shape index (κ1) is 19.4. The Morgan fingerprint density at radius 1 is 1.20 bits per heavy atom. The van der Waals surface area contributed by atoms with E-state index in [0.29, 0.717) is 5.02 Å². The molecule has 1 atom stereocenters. The molecule has 0 spiro atoms. The van der Waals surface area contributed by atoms with Gasteiger partial charge in [-0.15, -0.1) is 0 Å². The van der Waals surface area contributed by atoms with Crippen LogP contribution in [0.5, 0.6) is 0 Å². The lowest BCUT2D eigenvalue weighted by atomic mass is 10.1. The Morgan fingerprint density at radius 2 is 1.80 bits per heavy atom. The maximum Gasteiger partial charge on any atom is 0.243 e. The third-order valence-corrected chi connectivity index (χ3v) is 5.80. The van der Waals surface area contributed by atoms with Crippen LogP contribution in [0, 0.1) is 5.82 Å².